The van der Waals surface area contributed by atoms with E-state index in [2.05, 4.69) is 0 Å². The molecule has 0 bridgehead atoms. The highest BCUT2D eigenvalue weighted by Crippen LogP contribution is 2.31. The number of carbonyl (C=O) groups is 1. The summed E-state index contributed by atoms with van der Waals surface area (Å²) >= 11 is 0. The summed E-state index contributed by atoms with van der Waals surface area (Å²) in [5, 5.41) is 19.3. The molecule has 2 aromatic carbocycles. The first-order valence-corrected chi connectivity index (χ1v) is 6.52. The fourth-order valence-electron chi connectivity index (χ4n) is 2.09. The number of phenolic OH excluding ortho intramolecular Hbond substituents is 1. The topological polar surface area (TPSA) is 76.0 Å². The van der Waals surface area contributed by atoms with Crippen LogP contribution in [0.2, 0.25) is 0 Å². The van der Waals surface area contributed by atoms with Crippen molar-refractivity contribution >= 4 is 17.6 Å². The lowest BCUT2D eigenvalue weighted by Crippen LogP contribution is -2.01. The Morgan fingerprint density at radius 3 is 2.32 bits per heavy atom. The number of aromatic hydroxyl groups is 1. The van der Waals surface area contributed by atoms with Gasteiger partial charge in [-0.1, -0.05) is 24.3 Å². The van der Waals surface area contributed by atoms with E-state index in [0.29, 0.717) is 22.6 Å². The van der Waals surface area contributed by atoms with Gasteiger partial charge in [-0.25, -0.2) is 4.79 Å². The highest BCUT2D eigenvalue weighted by molar-refractivity contribution is 6.21. The van der Waals surface area contributed by atoms with E-state index in [1.165, 1.54) is 26.4 Å². The maximum absolute atomic E-state index is 11.6. The number of carboxylic acid groups (broad SMARTS) is 1. The van der Waals surface area contributed by atoms with Gasteiger partial charge in [0.25, 0.3) is 0 Å². The maximum atomic E-state index is 11.6. The molecular weight excluding hydrogens is 284 g/mol. The Bertz CT molecular complexity index is 719. The molecule has 0 fully saturated rings. The lowest BCUT2D eigenvalue weighted by Gasteiger charge is -2.09. The molecule has 0 atom stereocenters. The van der Waals surface area contributed by atoms with Gasteiger partial charge in [0.15, 0.2) is 11.5 Å². The standard InChI is InChI=1S/C17H16O5/c1-21-15-6-4-3-5-12(15)13(17(19)20)9-11-7-8-16(22-2)14(18)10-11/h3-10,18H,1-2H3,(H,19,20)/b13-9-. The summed E-state index contributed by atoms with van der Waals surface area (Å²) in [7, 11) is 2.93. The summed E-state index contributed by atoms with van der Waals surface area (Å²) in [6.45, 7) is 0. The molecule has 0 unspecified atom stereocenters. The largest absolute Gasteiger partial charge is 0.504 e. The van der Waals surface area contributed by atoms with Crippen molar-refractivity contribution in [3.63, 3.8) is 0 Å². The molecule has 0 aromatic heterocycles. The number of aliphatic carboxylic acids is 1. The van der Waals surface area contributed by atoms with Gasteiger partial charge in [-0.2, -0.15) is 0 Å². The molecule has 0 aliphatic heterocycles. The monoisotopic (exact) mass is 300 g/mol. The predicted molar refractivity (Wildman–Crippen MR) is 83.2 cm³/mol. The van der Waals surface area contributed by atoms with Crippen molar-refractivity contribution in [1.29, 1.82) is 0 Å². The number of carboxylic acids is 1. The molecule has 5 nitrogen and oxygen atoms in total. The summed E-state index contributed by atoms with van der Waals surface area (Å²) in [4.78, 5) is 11.6. The van der Waals surface area contributed by atoms with E-state index in [1.54, 1.807) is 36.4 Å². The summed E-state index contributed by atoms with van der Waals surface area (Å²) in [6.07, 6.45) is 1.47. The number of benzene rings is 2. The van der Waals surface area contributed by atoms with E-state index < -0.39 is 5.97 Å². The first-order chi connectivity index (χ1) is 10.6. The molecule has 2 N–H and O–H groups in total. The van der Waals surface area contributed by atoms with E-state index in [0.717, 1.165) is 0 Å². The van der Waals surface area contributed by atoms with Gasteiger partial charge in [-0.15, -0.1) is 0 Å². The lowest BCUT2D eigenvalue weighted by molar-refractivity contribution is -0.130. The molecule has 0 aliphatic rings. The maximum Gasteiger partial charge on any atom is 0.336 e. The van der Waals surface area contributed by atoms with Crippen LogP contribution in [0.5, 0.6) is 17.2 Å². The highest BCUT2D eigenvalue weighted by Gasteiger charge is 2.15. The number of phenols is 1. The molecule has 0 aliphatic carbocycles. The van der Waals surface area contributed by atoms with Gasteiger partial charge in [-0.3, -0.25) is 0 Å². The average molecular weight is 300 g/mol. The van der Waals surface area contributed by atoms with Crippen LogP contribution in [0.1, 0.15) is 11.1 Å². The molecule has 5 heteroatoms. The van der Waals surface area contributed by atoms with Gasteiger partial charge >= 0.3 is 5.97 Å². The molecule has 2 rings (SSSR count). The van der Waals surface area contributed by atoms with Crippen molar-refractivity contribution in [2.24, 2.45) is 0 Å². The van der Waals surface area contributed by atoms with Crippen molar-refractivity contribution in [3.8, 4) is 17.2 Å². The molecule has 0 heterocycles. The van der Waals surface area contributed by atoms with Crippen molar-refractivity contribution in [1.82, 2.24) is 0 Å². The van der Waals surface area contributed by atoms with Gasteiger partial charge in [0.1, 0.15) is 5.75 Å². The minimum atomic E-state index is -1.08. The van der Waals surface area contributed by atoms with E-state index >= 15 is 0 Å². The summed E-state index contributed by atoms with van der Waals surface area (Å²) < 4.78 is 10.2. The van der Waals surface area contributed by atoms with Crippen LogP contribution in [-0.4, -0.2) is 30.4 Å². The SMILES string of the molecule is COc1ccc(/C=C(\C(=O)O)c2ccccc2OC)cc1O. The van der Waals surface area contributed by atoms with E-state index in [1.807, 2.05) is 0 Å². The van der Waals surface area contributed by atoms with Crippen molar-refractivity contribution in [3.05, 3.63) is 53.6 Å². The second-order valence-electron chi connectivity index (χ2n) is 4.49. The van der Waals surface area contributed by atoms with Crippen molar-refractivity contribution in [2.75, 3.05) is 14.2 Å². The van der Waals surface area contributed by atoms with Gasteiger partial charge in [0.05, 0.1) is 19.8 Å². The minimum absolute atomic E-state index is 0.0546. The molecular formula is C17H16O5. The summed E-state index contributed by atoms with van der Waals surface area (Å²) in [5.74, 6) is -0.346. The second-order valence-corrected chi connectivity index (χ2v) is 4.49. The van der Waals surface area contributed by atoms with Gasteiger partial charge in [0, 0.05) is 5.56 Å². The van der Waals surface area contributed by atoms with Gasteiger partial charge in [-0.05, 0) is 29.8 Å². The third-order valence-corrected chi connectivity index (χ3v) is 3.14. The molecule has 2 aromatic rings. The lowest BCUT2D eigenvalue weighted by atomic mass is 10.0. The quantitative estimate of drug-likeness (QED) is 0.655. The Morgan fingerprint density at radius 1 is 1.05 bits per heavy atom. The van der Waals surface area contributed by atoms with Crippen LogP contribution in [0.4, 0.5) is 0 Å². The smallest absolute Gasteiger partial charge is 0.336 e. The Hall–Kier alpha value is -2.95. The third-order valence-electron chi connectivity index (χ3n) is 3.14. The molecule has 0 saturated carbocycles. The van der Waals surface area contributed by atoms with Crippen LogP contribution >= 0.6 is 0 Å². The second kappa shape index (κ2) is 6.67. The summed E-state index contributed by atoms with van der Waals surface area (Å²) in [5.41, 5.74) is 1.08. The number of hydrogen-bond donors (Lipinski definition) is 2. The van der Waals surface area contributed by atoms with Crippen LogP contribution < -0.4 is 9.47 Å². The fraction of sp³-hybridized carbons (Fsp3) is 0.118. The molecule has 114 valence electrons. The third kappa shape index (κ3) is 3.20. The number of rotatable bonds is 5. The van der Waals surface area contributed by atoms with Crippen LogP contribution in [0.3, 0.4) is 0 Å². The van der Waals surface area contributed by atoms with E-state index in [4.69, 9.17) is 9.47 Å². The number of ether oxygens (including phenoxy) is 2. The number of hydrogen-bond acceptors (Lipinski definition) is 4. The molecule has 0 spiro atoms. The van der Waals surface area contributed by atoms with Gasteiger partial charge < -0.3 is 19.7 Å². The zero-order valence-electron chi connectivity index (χ0n) is 12.2. The molecule has 22 heavy (non-hydrogen) atoms. The van der Waals surface area contributed by atoms with E-state index in [9.17, 15) is 15.0 Å². The van der Waals surface area contributed by atoms with Crippen molar-refractivity contribution < 1.29 is 24.5 Å². The summed E-state index contributed by atoms with van der Waals surface area (Å²) in [6, 6.07) is 11.5. The fourth-order valence-corrected chi connectivity index (χ4v) is 2.09. The highest BCUT2D eigenvalue weighted by atomic mass is 16.5. The van der Waals surface area contributed by atoms with Gasteiger partial charge in [0.2, 0.25) is 0 Å². The zero-order chi connectivity index (χ0) is 16.1. The van der Waals surface area contributed by atoms with Crippen LogP contribution in [0.15, 0.2) is 42.5 Å². The first-order valence-electron chi connectivity index (χ1n) is 6.52. The van der Waals surface area contributed by atoms with Crippen molar-refractivity contribution in [2.45, 2.75) is 0 Å². The van der Waals surface area contributed by atoms with E-state index in [-0.39, 0.29) is 11.3 Å². The molecule has 0 amide bonds. The normalized spacial score (nSPS) is 11.1. The Labute approximate surface area is 128 Å². The Balaban J connectivity index is 2.52. The number of para-hydroxylation sites is 1. The minimum Gasteiger partial charge on any atom is -0.504 e. The Morgan fingerprint density at radius 2 is 1.73 bits per heavy atom. The Kier molecular flexibility index (Phi) is 4.68. The average Bonchev–Trinajstić information content (AvgIpc) is 2.52. The van der Waals surface area contributed by atoms with Crippen LogP contribution in [0, 0.1) is 0 Å². The molecule has 0 radical (unpaired) electrons. The van der Waals surface area contributed by atoms with Crippen LogP contribution in [-0.2, 0) is 4.79 Å². The predicted octanol–water partition coefficient (Wildman–Crippen LogP) is 3.03. The number of methoxy groups -OCH3 is 2. The first kappa shape index (κ1) is 15.4. The zero-order valence-corrected chi connectivity index (χ0v) is 12.2. The molecule has 0 saturated heterocycles. The van der Waals surface area contributed by atoms with Crippen LogP contribution in [0.25, 0.3) is 11.6 Å².